The van der Waals surface area contributed by atoms with Gasteiger partial charge in [-0.15, -0.1) is 0 Å². The highest BCUT2D eigenvalue weighted by atomic mass is 16.1. The lowest BCUT2D eigenvalue weighted by Gasteiger charge is -2.10. The molecule has 0 aliphatic heterocycles. The fourth-order valence-corrected chi connectivity index (χ4v) is 1.69. The predicted octanol–water partition coefficient (Wildman–Crippen LogP) is 3.10. The van der Waals surface area contributed by atoms with Crippen molar-refractivity contribution in [2.75, 3.05) is 0 Å². The van der Waals surface area contributed by atoms with E-state index in [4.69, 9.17) is 5.73 Å². The number of carbonyl (C=O) groups excluding carboxylic acids is 2. The van der Waals surface area contributed by atoms with Gasteiger partial charge in [-0.3, -0.25) is 9.59 Å². The molecule has 2 N–H and O–H groups in total. The number of unbranched alkanes of at least 4 members (excludes halogenated alkanes) is 2. The summed E-state index contributed by atoms with van der Waals surface area (Å²) in [6, 6.07) is 6.66. The molecule has 0 heterocycles. The zero-order valence-electron chi connectivity index (χ0n) is 10.9. The van der Waals surface area contributed by atoms with Gasteiger partial charge < -0.3 is 5.73 Å². The third kappa shape index (κ3) is 3.29. The summed E-state index contributed by atoms with van der Waals surface area (Å²) in [7, 11) is 0. The summed E-state index contributed by atoms with van der Waals surface area (Å²) < 4.78 is 0. The average Bonchev–Trinajstić information content (AvgIpc) is 2.38. The number of Topliss-reactive ketones (excluding diaryl/α,β-unsaturated/α-hetero) is 1. The molecule has 0 saturated carbocycles. The van der Waals surface area contributed by atoms with Gasteiger partial charge in [-0.25, -0.2) is 0 Å². The van der Waals surface area contributed by atoms with Gasteiger partial charge in [0.05, 0.1) is 5.70 Å². The van der Waals surface area contributed by atoms with Crippen molar-refractivity contribution in [3.63, 3.8) is 0 Å². The number of benzene rings is 1. The van der Waals surface area contributed by atoms with Crippen LogP contribution in [-0.4, -0.2) is 11.6 Å². The van der Waals surface area contributed by atoms with Crippen molar-refractivity contribution >= 4 is 11.6 Å². The van der Waals surface area contributed by atoms with Gasteiger partial charge >= 0.3 is 0 Å². The van der Waals surface area contributed by atoms with Crippen LogP contribution in [0, 0.1) is 0 Å². The number of carbonyl (C=O) groups is 2. The van der Waals surface area contributed by atoms with Gasteiger partial charge in [0.15, 0.2) is 5.78 Å². The van der Waals surface area contributed by atoms with Crippen LogP contribution in [0.2, 0.25) is 0 Å². The molecule has 0 fully saturated rings. The van der Waals surface area contributed by atoms with E-state index in [0.29, 0.717) is 11.1 Å². The number of hydrogen-bond donors (Lipinski definition) is 1. The minimum atomic E-state index is -0.268. The summed E-state index contributed by atoms with van der Waals surface area (Å²) in [4.78, 5) is 22.7. The van der Waals surface area contributed by atoms with Crippen LogP contribution in [0.5, 0.6) is 0 Å². The summed E-state index contributed by atoms with van der Waals surface area (Å²) in [5.41, 5.74) is 6.22. The van der Waals surface area contributed by atoms with Gasteiger partial charge in [-0.1, -0.05) is 57.4 Å². The van der Waals surface area contributed by atoms with E-state index >= 15 is 0 Å². The van der Waals surface area contributed by atoms with Crippen molar-refractivity contribution < 1.29 is 9.59 Å². The van der Waals surface area contributed by atoms with Gasteiger partial charge in [0, 0.05) is 17.2 Å². The maximum Gasteiger partial charge on any atom is 0.209 e. The summed E-state index contributed by atoms with van der Waals surface area (Å²) in [5, 5.41) is 0. The average molecular weight is 245 g/mol. The Bertz CT molecular complexity index is 473. The first-order valence-electron chi connectivity index (χ1n) is 6.27. The van der Waals surface area contributed by atoms with E-state index in [1.54, 1.807) is 24.3 Å². The maximum atomic E-state index is 11.4. The molecule has 3 nitrogen and oxygen atoms in total. The first kappa shape index (κ1) is 14.2. The largest absolute Gasteiger partial charge is 0.395 e. The predicted molar refractivity (Wildman–Crippen MR) is 72.6 cm³/mol. The number of nitrogens with two attached hydrogens (primary N) is 1. The molecular formula is C15H19NO2. The summed E-state index contributed by atoms with van der Waals surface area (Å²) >= 11 is 0. The Morgan fingerprint density at radius 3 is 2.06 bits per heavy atom. The number of ketones is 2. The Kier molecular flexibility index (Phi) is 5.31. The summed E-state index contributed by atoms with van der Waals surface area (Å²) in [5.74, 6) is -0.470. The maximum absolute atomic E-state index is 11.4. The minimum absolute atomic E-state index is 0.0173. The molecule has 1 aromatic carbocycles. The second kappa shape index (κ2) is 6.74. The molecule has 96 valence electrons. The second-order valence-electron chi connectivity index (χ2n) is 4.19. The molecule has 1 aliphatic carbocycles. The molecule has 0 unspecified atom stereocenters. The van der Waals surface area contributed by atoms with E-state index in [1.165, 1.54) is 25.3 Å². The van der Waals surface area contributed by atoms with E-state index in [1.807, 2.05) is 0 Å². The van der Waals surface area contributed by atoms with Crippen LogP contribution >= 0.6 is 0 Å². The van der Waals surface area contributed by atoms with Crippen LogP contribution in [0.15, 0.2) is 36.0 Å². The highest BCUT2D eigenvalue weighted by molar-refractivity contribution is 6.24. The van der Waals surface area contributed by atoms with Crippen LogP contribution in [0.1, 0.15) is 53.8 Å². The SMILES string of the molecule is CCCCC.NC1=CC(=O)c2ccccc2C1=O. The van der Waals surface area contributed by atoms with Gasteiger partial charge in [0.2, 0.25) is 5.78 Å². The van der Waals surface area contributed by atoms with E-state index in [-0.39, 0.29) is 17.3 Å². The molecule has 0 radical (unpaired) electrons. The van der Waals surface area contributed by atoms with Crippen molar-refractivity contribution in [2.24, 2.45) is 5.73 Å². The summed E-state index contributed by atoms with van der Waals surface area (Å²) in [6.45, 7) is 4.42. The number of allylic oxidation sites excluding steroid dienone is 2. The summed E-state index contributed by atoms with van der Waals surface area (Å²) in [6.07, 6.45) is 5.25. The smallest absolute Gasteiger partial charge is 0.209 e. The Morgan fingerprint density at radius 1 is 1.00 bits per heavy atom. The lowest BCUT2D eigenvalue weighted by atomic mass is 9.93. The first-order chi connectivity index (χ1) is 8.61. The topological polar surface area (TPSA) is 60.2 Å². The zero-order valence-corrected chi connectivity index (χ0v) is 10.9. The third-order valence-electron chi connectivity index (χ3n) is 2.69. The Balaban J connectivity index is 0.000000280. The standard InChI is InChI=1S/C10H7NO2.C5H12/c11-8-5-9(12)6-3-1-2-4-7(6)10(8)13;1-3-5-4-2/h1-5H,11H2;3-5H2,1-2H3. The van der Waals surface area contributed by atoms with Crippen molar-refractivity contribution in [1.82, 2.24) is 0 Å². The van der Waals surface area contributed by atoms with Crippen LogP contribution in [-0.2, 0) is 0 Å². The van der Waals surface area contributed by atoms with Crippen molar-refractivity contribution in [1.29, 1.82) is 0 Å². The fourth-order valence-electron chi connectivity index (χ4n) is 1.69. The van der Waals surface area contributed by atoms with Crippen molar-refractivity contribution in [2.45, 2.75) is 33.1 Å². The Labute approximate surface area is 108 Å². The Hall–Kier alpha value is -1.90. The highest BCUT2D eigenvalue weighted by Gasteiger charge is 2.22. The zero-order chi connectivity index (χ0) is 13.5. The molecule has 0 bridgehead atoms. The van der Waals surface area contributed by atoms with Crippen LogP contribution in [0.4, 0.5) is 0 Å². The number of hydrogen-bond acceptors (Lipinski definition) is 3. The van der Waals surface area contributed by atoms with Gasteiger partial charge in [0.25, 0.3) is 0 Å². The van der Waals surface area contributed by atoms with E-state index < -0.39 is 0 Å². The molecule has 0 atom stereocenters. The normalized spacial score (nSPS) is 13.3. The first-order valence-corrected chi connectivity index (χ1v) is 6.27. The van der Waals surface area contributed by atoms with Gasteiger partial charge in [0.1, 0.15) is 0 Å². The molecular weight excluding hydrogens is 226 g/mol. The molecule has 1 aliphatic rings. The fraction of sp³-hybridized carbons (Fsp3) is 0.333. The Morgan fingerprint density at radius 2 is 1.56 bits per heavy atom. The second-order valence-corrected chi connectivity index (χ2v) is 4.19. The quantitative estimate of drug-likeness (QED) is 0.870. The molecule has 1 aromatic rings. The van der Waals surface area contributed by atoms with E-state index in [2.05, 4.69) is 13.8 Å². The van der Waals surface area contributed by atoms with Crippen molar-refractivity contribution in [3.05, 3.63) is 47.2 Å². The molecule has 3 heteroatoms. The molecule has 0 spiro atoms. The molecule has 2 rings (SSSR count). The molecule has 18 heavy (non-hydrogen) atoms. The van der Waals surface area contributed by atoms with Crippen LogP contribution in [0.25, 0.3) is 0 Å². The van der Waals surface area contributed by atoms with E-state index in [0.717, 1.165) is 0 Å². The van der Waals surface area contributed by atoms with Crippen LogP contribution in [0.3, 0.4) is 0 Å². The molecule has 0 aromatic heterocycles. The van der Waals surface area contributed by atoms with Gasteiger partial charge in [-0.05, 0) is 0 Å². The van der Waals surface area contributed by atoms with Gasteiger partial charge in [-0.2, -0.15) is 0 Å². The van der Waals surface area contributed by atoms with Crippen LogP contribution < -0.4 is 5.73 Å². The number of rotatable bonds is 2. The highest BCUT2D eigenvalue weighted by Crippen LogP contribution is 2.18. The third-order valence-corrected chi connectivity index (χ3v) is 2.69. The molecule has 0 amide bonds. The van der Waals surface area contributed by atoms with E-state index in [9.17, 15) is 9.59 Å². The number of fused-ring (bicyclic) bond motifs is 1. The lowest BCUT2D eigenvalue weighted by molar-refractivity contribution is 0.0983. The minimum Gasteiger partial charge on any atom is -0.395 e. The molecule has 0 saturated heterocycles. The van der Waals surface area contributed by atoms with Crippen molar-refractivity contribution in [3.8, 4) is 0 Å². The monoisotopic (exact) mass is 245 g/mol. The lowest BCUT2D eigenvalue weighted by Crippen LogP contribution is -2.21.